The third-order valence-corrected chi connectivity index (χ3v) is 4.20. The Morgan fingerprint density at radius 1 is 1.19 bits per heavy atom. The Bertz CT molecular complexity index is 475. The monoisotopic (exact) mass is 276 g/mol. The SMILES string of the molecule is [B]C([B])([B])c1cc(NC)ccc1CN1CC(C)CC(C)C1. The number of rotatable bonds is 4. The molecule has 1 heterocycles. The predicted molar refractivity (Wildman–Crippen MR) is 93.2 cm³/mol. The minimum atomic E-state index is -1.31. The van der Waals surface area contributed by atoms with Crippen molar-refractivity contribution in [3.8, 4) is 0 Å². The second-order valence-electron chi connectivity index (χ2n) is 6.70. The molecule has 0 saturated carbocycles. The van der Waals surface area contributed by atoms with Gasteiger partial charge in [-0.3, -0.25) is 4.90 Å². The van der Waals surface area contributed by atoms with Crippen molar-refractivity contribution in [2.45, 2.75) is 31.9 Å². The first-order chi connectivity index (χ1) is 9.79. The van der Waals surface area contributed by atoms with Gasteiger partial charge in [0.1, 0.15) is 0 Å². The van der Waals surface area contributed by atoms with E-state index in [0.29, 0.717) is 0 Å². The summed E-state index contributed by atoms with van der Waals surface area (Å²) in [7, 11) is 19.7. The highest BCUT2D eigenvalue weighted by molar-refractivity contribution is 6.59. The number of likely N-dealkylation sites (tertiary alicyclic amines) is 1. The zero-order chi connectivity index (χ0) is 15.6. The number of anilines is 1. The summed E-state index contributed by atoms with van der Waals surface area (Å²) in [5, 5.41) is 1.79. The Labute approximate surface area is 133 Å². The lowest BCUT2D eigenvalue weighted by Crippen LogP contribution is -2.39. The zero-order valence-corrected chi connectivity index (χ0v) is 13.4. The van der Waals surface area contributed by atoms with E-state index in [1.54, 1.807) is 0 Å². The standard InChI is InChI=1S/C16H23B3N2/c1-11-6-12(2)9-21(8-11)10-13-4-5-14(20-3)7-15(13)16(17,18)19/h4-5,7,11-12,20H,6,8-10H2,1-3H3. The van der Waals surface area contributed by atoms with Gasteiger partial charge >= 0.3 is 0 Å². The molecule has 2 atom stereocenters. The molecule has 0 aromatic heterocycles. The van der Waals surface area contributed by atoms with Gasteiger partial charge in [-0.15, -0.1) is 5.11 Å². The molecule has 2 nitrogen and oxygen atoms in total. The summed E-state index contributed by atoms with van der Waals surface area (Å²) in [6, 6.07) is 6.07. The van der Waals surface area contributed by atoms with Crippen molar-refractivity contribution in [2.24, 2.45) is 11.8 Å². The molecular formula is C16H23B3N2. The van der Waals surface area contributed by atoms with Crippen molar-refractivity contribution < 1.29 is 0 Å². The van der Waals surface area contributed by atoms with Gasteiger partial charge in [0.15, 0.2) is 0 Å². The van der Waals surface area contributed by atoms with Crippen LogP contribution in [0.3, 0.4) is 0 Å². The molecule has 21 heavy (non-hydrogen) atoms. The van der Waals surface area contributed by atoms with Gasteiger partial charge in [-0.2, -0.15) is 0 Å². The fourth-order valence-electron chi connectivity index (χ4n) is 3.43. The fourth-order valence-corrected chi connectivity index (χ4v) is 3.43. The van der Waals surface area contributed by atoms with Crippen LogP contribution in [0.15, 0.2) is 18.2 Å². The van der Waals surface area contributed by atoms with Gasteiger partial charge in [0.25, 0.3) is 0 Å². The first-order valence-electron chi connectivity index (χ1n) is 7.69. The summed E-state index contributed by atoms with van der Waals surface area (Å²) in [6.07, 6.45) is 1.30. The van der Waals surface area contributed by atoms with E-state index in [-0.39, 0.29) is 0 Å². The van der Waals surface area contributed by atoms with Gasteiger partial charge in [-0.05, 0) is 36.0 Å². The van der Waals surface area contributed by atoms with E-state index >= 15 is 0 Å². The number of hydrogen-bond acceptors (Lipinski definition) is 2. The molecule has 5 heteroatoms. The molecular weight excluding hydrogens is 253 g/mol. The number of piperidine rings is 1. The van der Waals surface area contributed by atoms with Crippen LogP contribution in [0.2, 0.25) is 0 Å². The van der Waals surface area contributed by atoms with Crippen LogP contribution in [0.5, 0.6) is 0 Å². The van der Waals surface area contributed by atoms with Crippen molar-refractivity contribution >= 4 is 29.2 Å². The molecule has 1 aromatic carbocycles. The van der Waals surface area contributed by atoms with Crippen molar-refractivity contribution in [3.05, 3.63) is 29.3 Å². The molecule has 0 bridgehead atoms. The molecule has 1 saturated heterocycles. The Morgan fingerprint density at radius 2 is 1.81 bits per heavy atom. The maximum atomic E-state index is 5.95. The quantitative estimate of drug-likeness (QED) is 0.844. The van der Waals surface area contributed by atoms with E-state index in [1.807, 2.05) is 19.2 Å². The van der Waals surface area contributed by atoms with Crippen LogP contribution in [-0.4, -0.2) is 48.6 Å². The largest absolute Gasteiger partial charge is 0.388 e. The average molecular weight is 276 g/mol. The van der Waals surface area contributed by atoms with Crippen molar-refractivity contribution in [1.82, 2.24) is 4.90 Å². The lowest BCUT2D eigenvalue weighted by atomic mass is 9.39. The van der Waals surface area contributed by atoms with Crippen LogP contribution in [0.25, 0.3) is 0 Å². The molecule has 6 radical (unpaired) electrons. The molecule has 2 rings (SSSR count). The first kappa shape index (κ1) is 16.5. The Hall–Kier alpha value is -0.825. The maximum absolute atomic E-state index is 5.95. The molecule has 1 N–H and O–H groups in total. The van der Waals surface area contributed by atoms with E-state index in [9.17, 15) is 0 Å². The van der Waals surface area contributed by atoms with E-state index in [1.165, 1.54) is 6.42 Å². The van der Waals surface area contributed by atoms with Crippen LogP contribution < -0.4 is 5.32 Å². The van der Waals surface area contributed by atoms with Gasteiger partial charge in [0.05, 0.1) is 23.5 Å². The van der Waals surface area contributed by atoms with Crippen LogP contribution >= 0.6 is 0 Å². The van der Waals surface area contributed by atoms with Gasteiger partial charge in [0.2, 0.25) is 0 Å². The van der Waals surface area contributed by atoms with E-state index in [2.05, 4.69) is 30.1 Å². The number of hydrogen-bond donors (Lipinski definition) is 1. The second-order valence-corrected chi connectivity index (χ2v) is 6.70. The van der Waals surface area contributed by atoms with Gasteiger partial charge in [-0.1, -0.05) is 25.5 Å². The minimum absolute atomic E-state index is 0.729. The number of nitrogens with zero attached hydrogens (tertiary/aromatic N) is 1. The van der Waals surface area contributed by atoms with Gasteiger partial charge < -0.3 is 5.32 Å². The minimum Gasteiger partial charge on any atom is -0.388 e. The highest BCUT2D eigenvalue weighted by atomic mass is 15.1. The second kappa shape index (κ2) is 6.52. The first-order valence-corrected chi connectivity index (χ1v) is 7.69. The highest BCUT2D eigenvalue weighted by Gasteiger charge is 2.24. The summed E-state index contributed by atoms with van der Waals surface area (Å²) in [5.74, 6) is 1.46. The molecule has 2 unspecified atom stereocenters. The summed E-state index contributed by atoms with van der Waals surface area (Å²) in [4.78, 5) is 2.47. The maximum Gasteiger partial charge on any atom is 0.0563 e. The summed E-state index contributed by atoms with van der Waals surface area (Å²) < 4.78 is 0. The number of nitrogens with one attached hydrogen (secondary N) is 1. The molecule has 1 aliphatic heterocycles. The fraction of sp³-hybridized carbons (Fsp3) is 0.625. The normalized spacial score (nSPS) is 24.0. The van der Waals surface area contributed by atoms with Gasteiger partial charge in [-0.25, -0.2) is 0 Å². The lowest BCUT2D eigenvalue weighted by molar-refractivity contribution is 0.134. The smallest absolute Gasteiger partial charge is 0.0563 e. The highest BCUT2D eigenvalue weighted by Crippen LogP contribution is 2.27. The summed E-state index contributed by atoms with van der Waals surface area (Å²) in [6.45, 7) is 7.70. The van der Waals surface area contributed by atoms with Crippen LogP contribution in [0.4, 0.5) is 5.69 Å². The topological polar surface area (TPSA) is 15.3 Å². The average Bonchev–Trinajstić information content (AvgIpc) is 2.36. The number of benzene rings is 1. The van der Waals surface area contributed by atoms with Crippen molar-refractivity contribution in [3.63, 3.8) is 0 Å². The van der Waals surface area contributed by atoms with Crippen LogP contribution in [-0.2, 0) is 11.7 Å². The molecule has 1 fully saturated rings. The van der Waals surface area contributed by atoms with E-state index in [0.717, 1.165) is 48.3 Å². The van der Waals surface area contributed by atoms with Crippen LogP contribution in [0.1, 0.15) is 31.4 Å². The zero-order valence-electron chi connectivity index (χ0n) is 13.4. The Morgan fingerprint density at radius 3 is 2.33 bits per heavy atom. The van der Waals surface area contributed by atoms with Gasteiger partial charge in [0, 0.05) is 32.4 Å². The van der Waals surface area contributed by atoms with E-state index in [4.69, 9.17) is 23.5 Å². The predicted octanol–water partition coefficient (Wildman–Crippen LogP) is 1.82. The van der Waals surface area contributed by atoms with Crippen LogP contribution in [0, 0.1) is 11.8 Å². The molecule has 1 aliphatic rings. The van der Waals surface area contributed by atoms with Crippen molar-refractivity contribution in [1.29, 1.82) is 0 Å². The summed E-state index contributed by atoms with van der Waals surface area (Å²) >= 11 is 0. The van der Waals surface area contributed by atoms with Crippen molar-refractivity contribution in [2.75, 3.05) is 25.5 Å². The van der Waals surface area contributed by atoms with E-state index < -0.39 is 5.11 Å². The molecule has 1 aromatic rings. The third kappa shape index (κ3) is 4.32. The molecule has 106 valence electrons. The Balaban J connectivity index is 2.23. The Kier molecular flexibility index (Phi) is 5.13. The molecule has 0 spiro atoms. The lowest BCUT2D eigenvalue weighted by Gasteiger charge is -2.36. The third-order valence-electron chi connectivity index (χ3n) is 4.20. The molecule has 0 aliphatic carbocycles. The summed E-state index contributed by atoms with van der Waals surface area (Å²) in [5.41, 5.74) is 2.89. The molecule has 0 amide bonds.